The minimum Gasteiger partial charge on any atom is -0.309 e. The van der Waals surface area contributed by atoms with Crippen LogP contribution in [0.4, 0.5) is 0 Å². The monoisotopic (exact) mass is 306 g/mol. The van der Waals surface area contributed by atoms with Crippen molar-refractivity contribution in [2.45, 2.75) is 63.2 Å². The van der Waals surface area contributed by atoms with Crippen molar-refractivity contribution in [3.05, 3.63) is 35.9 Å². The molecule has 5 atom stereocenters. The molecule has 1 unspecified atom stereocenters. The van der Waals surface area contributed by atoms with Crippen LogP contribution in [-0.2, 0) is 6.42 Å². The van der Waals surface area contributed by atoms with Crippen molar-refractivity contribution in [3.8, 4) is 0 Å². The zero-order valence-electron chi connectivity index (χ0n) is 13.1. The molecule has 3 heteroatoms. The molecule has 2 aliphatic heterocycles. The number of hydrogen-bond donors (Lipinski definition) is 1. The SMILES string of the molecule is CN1C2CCC[C@H]3N[C@@H](Cc4ccccc4)[C@@H]1C[C@@]23C.Cl. The largest absolute Gasteiger partial charge is 0.309 e. The standard InChI is InChI=1S/C18H26N2.ClH/c1-18-12-15-14(11-13-7-4-3-5-8-13)19-16(18)9-6-10-17(18)20(15)2;/h3-5,7-8,14-17,19H,6,9-12H2,1-2H3;1H/t14-,15-,16+,17?,18+;/m0./s1. The van der Waals surface area contributed by atoms with Crippen LogP contribution in [0.2, 0.25) is 0 Å². The van der Waals surface area contributed by atoms with Gasteiger partial charge >= 0.3 is 0 Å². The molecule has 2 bridgehead atoms. The van der Waals surface area contributed by atoms with Gasteiger partial charge in [-0.3, -0.25) is 4.90 Å². The number of likely N-dealkylation sites (N-methyl/N-ethyl adjacent to an activating group) is 1. The summed E-state index contributed by atoms with van der Waals surface area (Å²) in [7, 11) is 2.37. The second-order valence-corrected chi connectivity index (χ2v) is 7.40. The van der Waals surface area contributed by atoms with Gasteiger partial charge in [-0.1, -0.05) is 43.7 Å². The van der Waals surface area contributed by atoms with Crippen LogP contribution in [0, 0.1) is 5.41 Å². The molecule has 21 heavy (non-hydrogen) atoms. The second-order valence-electron chi connectivity index (χ2n) is 7.40. The molecule has 1 N–H and O–H groups in total. The number of likely N-dealkylation sites (tertiary alicyclic amines) is 1. The molecule has 1 aliphatic carbocycles. The van der Waals surface area contributed by atoms with Gasteiger partial charge in [-0.25, -0.2) is 0 Å². The zero-order chi connectivity index (χ0) is 13.7. The van der Waals surface area contributed by atoms with Crippen molar-refractivity contribution in [2.75, 3.05) is 7.05 Å². The molecule has 2 nitrogen and oxygen atoms in total. The van der Waals surface area contributed by atoms with Crippen molar-refractivity contribution in [1.82, 2.24) is 10.2 Å². The van der Waals surface area contributed by atoms with Crippen LogP contribution in [0.1, 0.15) is 38.2 Å². The first-order valence-corrected chi connectivity index (χ1v) is 8.20. The third kappa shape index (κ3) is 2.32. The molecule has 1 aromatic rings. The summed E-state index contributed by atoms with van der Waals surface area (Å²) in [5, 5.41) is 4.02. The van der Waals surface area contributed by atoms with Gasteiger partial charge in [-0.15, -0.1) is 12.4 Å². The quantitative estimate of drug-likeness (QED) is 0.902. The molecule has 0 aromatic heterocycles. The fraction of sp³-hybridized carbons (Fsp3) is 0.667. The first-order valence-electron chi connectivity index (χ1n) is 8.20. The van der Waals surface area contributed by atoms with Gasteiger partial charge in [0.15, 0.2) is 0 Å². The number of nitrogens with one attached hydrogen (secondary N) is 1. The van der Waals surface area contributed by atoms with Crippen LogP contribution < -0.4 is 5.32 Å². The maximum atomic E-state index is 4.02. The first kappa shape index (κ1) is 15.3. The van der Waals surface area contributed by atoms with Crippen LogP contribution >= 0.6 is 12.4 Å². The van der Waals surface area contributed by atoms with E-state index in [1.807, 2.05) is 0 Å². The molecule has 4 rings (SSSR count). The zero-order valence-corrected chi connectivity index (χ0v) is 13.9. The van der Waals surface area contributed by atoms with Crippen molar-refractivity contribution < 1.29 is 0 Å². The minimum absolute atomic E-state index is 0. The number of piperidine rings is 1. The number of rotatable bonds is 2. The normalized spacial score (nSPS) is 41.6. The van der Waals surface area contributed by atoms with E-state index in [2.05, 4.69) is 54.5 Å². The van der Waals surface area contributed by atoms with E-state index in [0.29, 0.717) is 11.5 Å². The lowest BCUT2D eigenvalue weighted by atomic mass is 9.65. The van der Waals surface area contributed by atoms with Crippen molar-refractivity contribution in [3.63, 3.8) is 0 Å². The number of hydrogen-bond acceptors (Lipinski definition) is 2. The predicted molar refractivity (Wildman–Crippen MR) is 90.0 cm³/mol. The van der Waals surface area contributed by atoms with Crippen molar-refractivity contribution >= 4 is 12.4 Å². The van der Waals surface area contributed by atoms with Gasteiger partial charge < -0.3 is 5.32 Å². The number of halogens is 1. The third-order valence-electron chi connectivity index (χ3n) is 6.37. The van der Waals surface area contributed by atoms with Gasteiger partial charge in [0, 0.05) is 24.2 Å². The molecule has 0 radical (unpaired) electrons. The van der Waals surface area contributed by atoms with Gasteiger partial charge in [-0.05, 0) is 43.7 Å². The summed E-state index contributed by atoms with van der Waals surface area (Å²) >= 11 is 0. The van der Waals surface area contributed by atoms with Crippen LogP contribution in [0.5, 0.6) is 0 Å². The smallest absolute Gasteiger partial charge is 0.0266 e. The Hall–Kier alpha value is -0.570. The Morgan fingerprint density at radius 2 is 2.00 bits per heavy atom. The highest BCUT2D eigenvalue weighted by Gasteiger charge is 2.58. The number of nitrogens with zero attached hydrogens (tertiary/aromatic N) is 1. The van der Waals surface area contributed by atoms with Crippen LogP contribution in [0.25, 0.3) is 0 Å². The van der Waals surface area contributed by atoms with Crippen molar-refractivity contribution in [2.24, 2.45) is 5.41 Å². The summed E-state index contributed by atoms with van der Waals surface area (Å²) in [6.45, 7) is 2.53. The minimum atomic E-state index is 0. The fourth-order valence-corrected chi connectivity index (χ4v) is 5.31. The Morgan fingerprint density at radius 3 is 2.76 bits per heavy atom. The molecule has 1 saturated carbocycles. The Bertz CT molecular complexity index is 491. The van der Waals surface area contributed by atoms with Crippen molar-refractivity contribution in [1.29, 1.82) is 0 Å². The molecule has 116 valence electrons. The van der Waals surface area contributed by atoms with Crippen LogP contribution in [-0.4, -0.2) is 36.1 Å². The van der Waals surface area contributed by atoms with E-state index in [4.69, 9.17) is 0 Å². The van der Waals surface area contributed by atoms with Gasteiger partial charge in [-0.2, -0.15) is 0 Å². The Morgan fingerprint density at radius 1 is 1.24 bits per heavy atom. The van der Waals surface area contributed by atoms with E-state index in [1.54, 1.807) is 0 Å². The van der Waals surface area contributed by atoms with E-state index >= 15 is 0 Å². The van der Waals surface area contributed by atoms with Gasteiger partial charge in [0.25, 0.3) is 0 Å². The molecular formula is C18H27ClN2. The lowest BCUT2D eigenvalue weighted by Crippen LogP contribution is -2.58. The Labute approximate surface area is 134 Å². The Kier molecular flexibility index (Phi) is 4.06. The number of fused-ring (bicyclic) bond motifs is 1. The molecule has 2 heterocycles. The van der Waals surface area contributed by atoms with Gasteiger partial charge in [0.05, 0.1) is 0 Å². The molecule has 3 fully saturated rings. The van der Waals surface area contributed by atoms with E-state index < -0.39 is 0 Å². The molecular weight excluding hydrogens is 280 g/mol. The average Bonchev–Trinajstić information content (AvgIpc) is 2.72. The highest BCUT2D eigenvalue weighted by Crippen LogP contribution is 2.52. The van der Waals surface area contributed by atoms with E-state index in [1.165, 1.54) is 37.7 Å². The Balaban J connectivity index is 0.00000132. The van der Waals surface area contributed by atoms with Crippen LogP contribution in [0.3, 0.4) is 0 Å². The van der Waals surface area contributed by atoms with Gasteiger partial charge in [0.1, 0.15) is 0 Å². The maximum Gasteiger partial charge on any atom is 0.0266 e. The first-order chi connectivity index (χ1) is 9.68. The van der Waals surface area contributed by atoms with E-state index in [-0.39, 0.29) is 12.4 Å². The summed E-state index contributed by atoms with van der Waals surface area (Å²) in [4.78, 5) is 2.71. The predicted octanol–water partition coefficient (Wildman–Crippen LogP) is 3.25. The highest BCUT2D eigenvalue weighted by molar-refractivity contribution is 5.85. The molecule has 0 spiro atoms. The van der Waals surface area contributed by atoms with Gasteiger partial charge in [0.2, 0.25) is 0 Å². The summed E-state index contributed by atoms with van der Waals surface area (Å²) in [5.41, 5.74) is 1.99. The second kappa shape index (κ2) is 5.57. The topological polar surface area (TPSA) is 15.3 Å². The summed E-state index contributed by atoms with van der Waals surface area (Å²) in [6, 6.07) is 13.9. The average molecular weight is 307 g/mol. The lowest BCUT2D eigenvalue weighted by molar-refractivity contribution is 0.0940. The number of benzene rings is 1. The molecule has 3 aliphatic rings. The summed E-state index contributed by atoms with van der Waals surface area (Å²) in [5.74, 6) is 0. The molecule has 1 aromatic carbocycles. The van der Waals surface area contributed by atoms with E-state index in [0.717, 1.165) is 18.1 Å². The molecule has 2 saturated heterocycles. The fourth-order valence-electron chi connectivity index (χ4n) is 5.31. The van der Waals surface area contributed by atoms with E-state index in [9.17, 15) is 0 Å². The molecule has 0 amide bonds. The summed E-state index contributed by atoms with van der Waals surface area (Å²) < 4.78 is 0. The van der Waals surface area contributed by atoms with Crippen LogP contribution in [0.15, 0.2) is 30.3 Å². The maximum absolute atomic E-state index is 4.02. The lowest BCUT2D eigenvalue weighted by Gasteiger charge is -2.47. The highest BCUT2D eigenvalue weighted by atomic mass is 35.5. The third-order valence-corrected chi connectivity index (χ3v) is 6.37. The summed E-state index contributed by atoms with van der Waals surface area (Å²) in [6.07, 6.45) is 6.74.